The number of nitrogens with one attached hydrogen (secondary N) is 1. The second-order valence-corrected chi connectivity index (χ2v) is 6.27. The fourth-order valence-corrected chi connectivity index (χ4v) is 2.91. The van der Waals surface area contributed by atoms with Crippen LogP contribution in [0.15, 0.2) is 30.3 Å². The van der Waals surface area contributed by atoms with Crippen molar-refractivity contribution < 1.29 is 4.74 Å². The van der Waals surface area contributed by atoms with E-state index in [0.29, 0.717) is 18.2 Å². The average Bonchev–Trinajstić information content (AvgIpc) is 2.93. The Morgan fingerprint density at radius 3 is 2.57 bits per heavy atom. The molecule has 1 aliphatic heterocycles. The number of rotatable bonds is 8. The van der Waals surface area contributed by atoms with Gasteiger partial charge in [-0.15, -0.1) is 0 Å². The van der Waals surface area contributed by atoms with Crippen LogP contribution in [0.1, 0.15) is 39.2 Å². The van der Waals surface area contributed by atoms with Crippen LogP contribution in [-0.4, -0.2) is 42.8 Å². The molecule has 3 heteroatoms. The van der Waals surface area contributed by atoms with Crippen molar-refractivity contribution in [2.75, 3.05) is 19.6 Å². The third kappa shape index (κ3) is 5.42. The lowest BCUT2D eigenvalue weighted by atomic mass is 10.1. The summed E-state index contributed by atoms with van der Waals surface area (Å²) < 4.78 is 6.18. The van der Waals surface area contributed by atoms with Crippen LogP contribution in [0.4, 0.5) is 0 Å². The van der Waals surface area contributed by atoms with Crippen LogP contribution in [-0.2, 0) is 11.3 Å². The van der Waals surface area contributed by atoms with E-state index in [1.165, 1.54) is 18.4 Å². The van der Waals surface area contributed by atoms with Gasteiger partial charge in [0, 0.05) is 25.7 Å². The fraction of sp³-hybridized carbons (Fsp3) is 0.667. The number of likely N-dealkylation sites (N-methyl/N-ethyl adjacent to an activating group) is 1. The van der Waals surface area contributed by atoms with Gasteiger partial charge in [0.15, 0.2) is 0 Å². The van der Waals surface area contributed by atoms with Crippen molar-refractivity contribution in [3.63, 3.8) is 0 Å². The zero-order valence-electron chi connectivity index (χ0n) is 13.7. The molecule has 1 fully saturated rings. The average molecular weight is 290 g/mol. The van der Waals surface area contributed by atoms with Gasteiger partial charge in [0.2, 0.25) is 0 Å². The summed E-state index contributed by atoms with van der Waals surface area (Å²) in [6.45, 7) is 10.8. The predicted octanol–water partition coefficient (Wildman–Crippen LogP) is 3.05. The van der Waals surface area contributed by atoms with Gasteiger partial charge in [0.1, 0.15) is 0 Å². The molecular weight excluding hydrogens is 260 g/mol. The topological polar surface area (TPSA) is 24.5 Å². The Kier molecular flexibility index (Phi) is 6.68. The minimum Gasteiger partial charge on any atom is -0.372 e. The summed E-state index contributed by atoms with van der Waals surface area (Å²) in [4.78, 5) is 2.52. The molecule has 118 valence electrons. The number of nitrogens with zero attached hydrogens (tertiary/aromatic N) is 1. The summed E-state index contributed by atoms with van der Waals surface area (Å²) in [5, 5.41) is 3.39. The summed E-state index contributed by atoms with van der Waals surface area (Å²) in [5.41, 5.74) is 1.38. The fourth-order valence-electron chi connectivity index (χ4n) is 2.91. The van der Waals surface area contributed by atoms with Crippen molar-refractivity contribution in [1.29, 1.82) is 0 Å². The van der Waals surface area contributed by atoms with Crippen LogP contribution in [0.3, 0.4) is 0 Å². The molecule has 0 radical (unpaired) electrons. The van der Waals surface area contributed by atoms with E-state index in [-0.39, 0.29) is 0 Å². The molecular formula is C18H30N2O. The molecule has 1 aromatic carbocycles. The highest BCUT2D eigenvalue weighted by atomic mass is 16.5. The van der Waals surface area contributed by atoms with Crippen LogP contribution < -0.4 is 5.32 Å². The third-order valence-corrected chi connectivity index (χ3v) is 4.21. The minimum absolute atomic E-state index is 0.389. The first-order chi connectivity index (χ1) is 10.2. The highest BCUT2D eigenvalue weighted by Crippen LogP contribution is 2.21. The van der Waals surface area contributed by atoms with Crippen molar-refractivity contribution in [3.8, 4) is 0 Å². The molecule has 0 aliphatic carbocycles. The molecule has 2 atom stereocenters. The Labute approximate surface area is 129 Å². The summed E-state index contributed by atoms with van der Waals surface area (Å²) in [6.07, 6.45) is 3.17. The van der Waals surface area contributed by atoms with Gasteiger partial charge in [-0.25, -0.2) is 0 Å². The Morgan fingerprint density at radius 1 is 1.19 bits per heavy atom. The molecule has 21 heavy (non-hydrogen) atoms. The first-order valence-corrected chi connectivity index (χ1v) is 8.33. The third-order valence-electron chi connectivity index (χ3n) is 4.21. The quantitative estimate of drug-likeness (QED) is 0.796. The number of ether oxygens (including phenoxy) is 1. The Bertz CT molecular complexity index is 393. The van der Waals surface area contributed by atoms with E-state index in [1.807, 2.05) is 0 Å². The van der Waals surface area contributed by atoms with E-state index in [1.54, 1.807) is 0 Å². The maximum Gasteiger partial charge on any atom is 0.0707 e. The van der Waals surface area contributed by atoms with Crippen molar-refractivity contribution >= 4 is 0 Å². The lowest BCUT2D eigenvalue weighted by molar-refractivity contribution is 0.0155. The second-order valence-electron chi connectivity index (χ2n) is 6.27. The monoisotopic (exact) mass is 290 g/mol. The summed E-state index contributed by atoms with van der Waals surface area (Å²) in [7, 11) is 0. The normalized spacial score (nSPS) is 22.3. The van der Waals surface area contributed by atoms with Crippen molar-refractivity contribution in [2.45, 2.75) is 58.4 Å². The van der Waals surface area contributed by atoms with Crippen LogP contribution in [0.25, 0.3) is 0 Å². The maximum atomic E-state index is 6.18. The first kappa shape index (κ1) is 16.5. The molecule has 0 spiro atoms. The summed E-state index contributed by atoms with van der Waals surface area (Å²) >= 11 is 0. The molecule has 0 aromatic heterocycles. The molecule has 0 saturated carbocycles. The van der Waals surface area contributed by atoms with E-state index in [4.69, 9.17) is 4.74 Å². The van der Waals surface area contributed by atoms with Crippen molar-refractivity contribution in [3.05, 3.63) is 35.9 Å². The standard InChI is InChI=1S/C18H30N2O/c1-4-19-12-17-10-11-18(21-17)14-20(15(2)3)13-16-8-6-5-7-9-16/h5-9,15,17-19H,4,10-14H2,1-3H3. The van der Waals surface area contributed by atoms with E-state index in [9.17, 15) is 0 Å². The Hall–Kier alpha value is -0.900. The van der Waals surface area contributed by atoms with E-state index in [2.05, 4.69) is 61.3 Å². The van der Waals surface area contributed by atoms with Crippen LogP contribution in [0.5, 0.6) is 0 Å². The van der Waals surface area contributed by atoms with Crippen LogP contribution in [0.2, 0.25) is 0 Å². The smallest absolute Gasteiger partial charge is 0.0707 e. The van der Waals surface area contributed by atoms with E-state index < -0.39 is 0 Å². The van der Waals surface area contributed by atoms with Crippen molar-refractivity contribution in [2.24, 2.45) is 0 Å². The molecule has 1 N–H and O–H groups in total. The number of hydrogen-bond acceptors (Lipinski definition) is 3. The van der Waals surface area contributed by atoms with Gasteiger partial charge < -0.3 is 10.1 Å². The molecule has 2 unspecified atom stereocenters. The lowest BCUT2D eigenvalue weighted by Crippen LogP contribution is -2.37. The molecule has 1 aliphatic rings. The zero-order valence-corrected chi connectivity index (χ0v) is 13.7. The van der Waals surface area contributed by atoms with Gasteiger partial charge in [-0.1, -0.05) is 37.3 Å². The largest absolute Gasteiger partial charge is 0.372 e. The lowest BCUT2D eigenvalue weighted by Gasteiger charge is -2.29. The summed E-state index contributed by atoms with van der Waals surface area (Å²) in [5.74, 6) is 0. The Balaban J connectivity index is 1.83. The van der Waals surface area contributed by atoms with Gasteiger partial charge in [0.05, 0.1) is 12.2 Å². The molecule has 3 nitrogen and oxygen atoms in total. The Morgan fingerprint density at radius 2 is 1.90 bits per heavy atom. The molecule has 1 saturated heterocycles. The van der Waals surface area contributed by atoms with Gasteiger partial charge in [-0.2, -0.15) is 0 Å². The zero-order chi connectivity index (χ0) is 15.1. The highest BCUT2D eigenvalue weighted by Gasteiger charge is 2.27. The summed E-state index contributed by atoms with van der Waals surface area (Å²) in [6, 6.07) is 11.3. The molecule has 1 heterocycles. The van der Waals surface area contributed by atoms with Gasteiger partial charge in [-0.3, -0.25) is 4.90 Å². The number of hydrogen-bond donors (Lipinski definition) is 1. The van der Waals surface area contributed by atoms with E-state index >= 15 is 0 Å². The minimum atomic E-state index is 0.389. The molecule has 1 aromatic rings. The van der Waals surface area contributed by atoms with E-state index in [0.717, 1.165) is 26.2 Å². The predicted molar refractivity (Wildman–Crippen MR) is 88.4 cm³/mol. The first-order valence-electron chi connectivity index (χ1n) is 8.33. The van der Waals surface area contributed by atoms with Gasteiger partial charge in [0.25, 0.3) is 0 Å². The molecule has 0 bridgehead atoms. The highest BCUT2D eigenvalue weighted by molar-refractivity contribution is 5.14. The van der Waals surface area contributed by atoms with Crippen LogP contribution >= 0.6 is 0 Å². The number of benzene rings is 1. The van der Waals surface area contributed by atoms with Gasteiger partial charge >= 0.3 is 0 Å². The SMILES string of the molecule is CCNCC1CCC(CN(Cc2ccccc2)C(C)C)O1. The maximum absolute atomic E-state index is 6.18. The second kappa shape index (κ2) is 8.52. The van der Waals surface area contributed by atoms with Gasteiger partial charge in [-0.05, 0) is 38.8 Å². The van der Waals surface area contributed by atoms with Crippen molar-refractivity contribution in [1.82, 2.24) is 10.2 Å². The van der Waals surface area contributed by atoms with Crippen LogP contribution in [0, 0.1) is 0 Å². The molecule has 2 rings (SSSR count). The molecule has 0 amide bonds.